The molecule has 0 bridgehead atoms. The Balaban J connectivity index is 2.28. The molecule has 3 nitrogen and oxygen atoms in total. The van der Waals surface area contributed by atoms with Gasteiger partial charge in [0.1, 0.15) is 0 Å². The lowest BCUT2D eigenvalue weighted by atomic mass is 10.1. The van der Waals surface area contributed by atoms with E-state index in [2.05, 4.69) is 12.2 Å². The number of rotatable bonds is 1. The summed E-state index contributed by atoms with van der Waals surface area (Å²) in [4.78, 5) is 14.3. The van der Waals surface area contributed by atoms with Crippen molar-refractivity contribution in [2.75, 3.05) is 12.3 Å². The number of nitrogens with zero attached hydrogens (tertiary/aromatic N) is 1. The molecule has 0 atom stereocenters. The Hall–Kier alpha value is -2.03. The Morgan fingerprint density at radius 2 is 1.89 bits per heavy atom. The van der Waals surface area contributed by atoms with E-state index in [0.717, 1.165) is 24.2 Å². The van der Waals surface area contributed by atoms with Crippen molar-refractivity contribution >= 4 is 11.6 Å². The van der Waals surface area contributed by atoms with Crippen LogP contribution in [0.5, 0.6) is 0 Å². The van der Waals surface area contributed by atoms with Gasteiger partial charge in [-0.1, -0.05) is 12.2 Å². The normalized spacial score (nSPS) is 15.8. The van der Waals surface area contributed by atoms with Gasteiger partial charge in [-0.3, -0.25) is 4.79 Å². The monoisotopic (exact) mass is 242 g/mol. The summed E-state index contributed by atoms with van der Waals surface area (Å²) in [6, 6.07) is 7.07. The zero-order valence-electron chi connectivity index (χ0n) is 10.8. The molecule has 94 valence electrons. The molecule has 1 aromatic rings. The minimum absolute atomic E-state index is 0.0375. The maximum atomic E-state index is 12.4. The molecular formula is C15H18N2O. The second-order valence-electron chi connectivity index (χ2n) is 4.54. The lowest BCUT2D eigenvalue weighted by Gasteiger charge is -2.23. The quantitative estimate of drug-likeness (QED) is 0.769. The Kier molecular flexibility index (Phi) is 3.51. The summed E-state index contributed by atoms with van der Waals surface area (Å²) in [5, 5.41) is 0. The Morgan fingerprint density at radius 3 is 2.56 bits per heavy atom. The lowest BCUT2D eigenvalue weighted by molar-refractivity contribution is 0.0808. The van der Waals surface area contributed by atoms with Crippen LogP contribution in [0.2, 0.25) is 0 Å². The van der Waals surface area contributed by atoms with Gasteiger partial charge in [0, 0.05) is 23.5 Å². The average Bonchev–Trinajstić information content (AvgIpc) is 2.53. The second kappa shape index (κ2) is 5.08. The summed E-state index contributed by atoms with van der Waals surface area (Å²) < 4.78 is 0. The summed E-state index contributed by atoms with van der Waals surface area (Å²) in [5.41, 5.74) is 9.14. The van der Waals surface area contributed by atoms with Gasteiger partial charge >= 0.3 is 0 Å². The standard InChI is InChI=1S/C15H18N2O/c1-11-5-3-4-10-17(12(11)2)15(18)13-6-8-14(16)9-7-13/h3,5-9H,4,10,16H2,1-2H3. The third-order valence-corrected chi connectivity index (χ3v) is 3.27. The van der Waals surface area contributed by atoms with Crippen molar-refractivity contribution in [2.45, 2.75) is 20.3 Å². The highest BCUT2D eigenvalue weighted by atomic mass is 16.2. The number of amides is 1. The van der Waals surface area contributed by atoms with Gasteiger partial charge in [-0.2, -0.15) is 0 Å². The van der Waals surface area contributed by atoms with E-state index in [1.807, 2.05) is 18.7 Å². The Bertz CT molecular complexity index is 512. The van der Waals surface area contributed by atoms with Crippen molar-refractivity contribution < 1.29 is 4.79 Å². The Morgan fingerprint density at radius 1 is 1.22 bits per heavy atom. The molecule has 1 aliphatic heterocycles. The number of anilines is 1. The molecule has 2 rings (SSSR count). The zero-order valence-corrected chi connectivity index (χ0v) is 10.8. The third kappa shape index (κ3) is 2.45. The topological polar surface area (TPSA) is 46.3 Å². The summed E-state index contributed by atoms with van der Waals surface area (Å²) in [5.74, 6) is 0.0375. The van der Waals surface area contributed by atoms with Crippen molar-refractivity contribution in [1.29, 1.82) is 0 Å². The molecule has 3 heteroatoms. The lowest BCUT2D eigenvalue weighted by Crippen LogP contribution is -2.30. The predicted molar refractivity (Wildman–Crippen MR) is 74.0 cm³/mol. The molecule has 0 aromatic heterocycles. The van der Waals surface area contributed by atoms with Crippen LogP contribution in [-0.4, -0.2) is 17.4 Å². The smallest absolute Gasteiger partial charge is 0.258 e. The SMILES string of the molecule is CC1=C(C)N(C(=O)c2ccc(N)cc2)CCC=C1. The van der Waals surface area contributed by atoms with Crippen LogP contribution >= 0.6 is 0 Å². The fourth-order valence-corrected chi connectivity index (χ4v) is 2.00. The van der Waals surface area contributed by atoms with E-state index in [1.165, 1.54) is 0 Å². The van der Waals surface area contributed by atoms with Gasteiger partial charge in [0.2, 0.25) is 0 Å². The van der Waals surface area contributed by atoms with E-state index >= 15 is 0 Å². The van der Waals surface area contributed by atoms with Crippen molar-refractivity contribution in [3.63, 3.8) is 0 Å². The molecule has 0 spiro atoms. The molecule has 18 heavy (non-hydrogen) atoms. The zero-order chi connectivity index (χ0) is 13.1. The molecule has 0 fully saturated rings. The van der Waals surface area contributed by atoms with Gasteiger partial charge in [0.05, 0.1) is 0 Å². The largest absolute Gasteiger partial charge is 0.399 e. The number of carbonyl (C=O) groups excluding carboxylic acids is 1. The van der Waals surface area contributed by atoms with Gasteiger partial charge in [0.25, 0.3) is 5.91 Å². The van der Waals surface area contributed by atoms with Crippen molar-refractivity contribution in [3.8, 4) is 0 Å². The molecule has 0 aliphatic carbocycles. The van der Waals surface area contributed by atoms with Crippen LogP contribution < -0.4 is 5.73 Å². The minimum Gasteiger partial charge on any atom is -0.399 e. The maximum absolute atomic E-state index is 12.4. The van der Waals surface area contributed by atoms with Gasteiger partial charge in [-0.05, 0) is 50.1 Å². The maximum Gasteiger partial charge on any atom is 0.258 e. The highest BCUT2D eigenvalue weighted by Crippen LogP contribution is 2.19. The van der Waals surface area contributed by atoms with Crippen LogP contribution in [0.3, 0.4) is 0 Å². The summed E-state index contributed by atoms with van der Waals surface area (Å²) in [6.45, 7) is 4.74. The van der Waals surface area contributed by atoms with Gasteiger partial charge in [-0.15, -0.1) is 0 Å². The van der Waals surface area contributed by atoms with Crippen LogP contribution in [0.4, 0.5) is 5.69 Å². The van der Waals surface area contributed by atoms with Crippen molar-refractivity contribution in [2.24, 2.45) is 0 Å². The van der Waals surface area contributed by atoms with E-state index in [1.54, 1.807) is 24.3 Å². The number of benzene rings is 1. The van der Waals surface area contributed by atoms with E-state index < -0.39 is 0 Å². The molecule has 1 aromatic carbocycles. The van der Waals surface area contributed by atoms with E-state index in [9.17, 15) is 4.79 Å². The first-order chi connectivity index (χ1) is 8.59. The van der Waals surface area contributed by atoms with Gasteiger partial charge in [0.15, 0.2) is 0 Å². The van der Waals surface area contributed by atoms with Crippen molar-refractivity contribution in [3.05, 3.63) is 53.3 Å². The first-order valence-electron chi connectivity index (χ1n) is 6.11. The summed E-state index contributed by atoms with van der Waals surface area (Å²) in [7, 11) is 0. The molecule has 0 saturated heterocycles. The van der Waals surface area contributed by atoms with Crippen LogP contribution in [0.25, 0.3) is 0 Å². The number of nitrogens with two attached hydrogens (primary N) is 1. The highest BCUT2D eigenvalue weighted by molar-refractivity contribution is 5.95. The van der Waals surface area contributed by atoms with E-state index in [4.69, 9.17) is 5.73 Å². The molecule has 2 N–H and O–H groups in total. The first kappa shape index (κ1) is 12.4. The fraction of sp³-hybridized carbons (Fsp3) is 0.267. The number of hydrogen-bond donors (Lipinski definition) is 1. The van der Waals surface area contributed by atoms with Gasteiger partial charge < -0.3 is 10.6 Å². The molecular weight excluding hydrogens is 224 g/mol. The second-order valence-corrected chi connectivity index (χ2v) is 4.54. The first-order valence-corrected chi connectivity index (χ1v) is 6.11. The van der Waals surface area contributed by atoms with Crippen LogP contribution in [0.15, 0.2) is 47.7 Å². The van der Waals surface area contributed by atoms with Crippen molar-refractivity contribution in [1.82, 2.24) is 4.90 Å². The average molecular weight is 242 g/mol. The van der Waals surface area contributed by atoms with Crippen LogP contribution in [0, 0.1) is 0 Å². The molecule has 0 saturated carbocycles. The Labute approximate surface area is 108 Å². The molecule has 0 unspecified atom stereocenters. The predicted octanol–water partition coefficient (Wildman–Crippen LogP) is 2.96. The molecule has 1 aliphatic rings. The molecule has 1 amide bonds. The van der Waals surface area contributed by atoms with Crippen LogP contribution in [-0.2, 0) is 0 Å². The summed E-state index contributed by atoms with van der Waals surface area (Å²) in [6.07, 6.45) is 5.07. The van der Waals surface area contributed by atoms with E-state index in [0.29, 0.717) is 11.3 Å². The number of nitrogen functional groups attached to an aromatic ring is 1. The fourth-order valence-electron chi connectivity index (χ4n) is 2.00. The number of allylic oxidation sites excluding steroid dienone is 3. The highest BCUT2D eigenvalue weighted by Gasteiger charge is 2.18. The van der Waals surface area contributed by atoms with Crippen LogP contribution in [0.1, 0.15) is 30.6 Å². The van der Waals surface area contributed by atoms with Gasteiger partial charge in [-0.25, -0.2) is 0 Å². The molecule has 0 radical (unpaired) electrons. The summed E-state index contributed by atoms with van der Waals surface area (Å²) >= 11 is 0. The number of hydrogen-bond acceptors (Lipinski definition) is 2. The molecule has 1 heterocycles. The minimum atomic E-state index is 0.0375. The van der Waals surface area contributed by atoms with E-state index in [-0.39, 0.29) is 5.91 Å². The number of carbonyl (C=O) groups is 1. The third-order valence-electron chi connectivity index (χ3n) is 3.27.